The maximum absolute atomic E-state index is 13.3. The summed E-state index contributed by atoms with van der Waals surface area (Å²) in [7, 11) is 3.91. The van der Waals surface area contributed by atoms with Crippen LogP contribution >= 0.6 is 11.6 Å². The number of benzene rings is 3. The highest BCUT2D eigenvalue weighted by atomic mass is 35.5. The number of aliphatic imine (C=N–C) groups is 1. The molecule has 1 heterocycles. The monoisotopic (exact) mass is 401 g/mol. The number of para-hydroxylation sites is 1. The summed E-state index contributed by atoms with van der Waals surface area (Å²) in [5, 5.41) is 0.575. The zero-order chi connectivity index (χ0) is 20.4. The van der Waals surface area contributed by atoms with E-state index in [1.807, 2.05) is 97.9 Å². The van der Waals surface area contributed by atoms with Crippen molar-refractivity contribution in [2.24, 2.45) is 4.99 Å². The number of hydrogen-bond acceptors (Lipinski definition) is 3. The van der Waals surface area contributed by atoms with Gasteiger partial charge < -0.3 is 4.90 Å². The van der Waals surface area contributed by atoms with Crippen LogP contribution in [0.2, 0.25) is 5.02 Å². The Labute approximate surface area is 175 Å². The van der Waals surface area contributed by atoms with E-state index in [4.69, 9.17) is 11.6 Å². The van der Waals surface area contributed by atoms with Crippen LogP contribution in [0.1, 0.15) is 11.1 Å². The van der Waals surface area contributed by atoms with Crippen molar-refractivity contribution in [3.05, 3.63) is 101 Å². The van der Waals surface area contributed by atoms with Crippen molar-refractivity contribution in [2.75, 3.05) is 23.9 Å². The molecule has 0 saturated carbocycles. The third-order valence-corrected chi connectivity index (χ3v) is 5.03. The number of amidine groups is 1. The van der Waals surface area contributed by atoms with Crippen LogP contribution in [0, 0.1) is 0 Å². The topological polar surface area (TPSA) is 35.9 Å². The Morgan fingerprint density at radius 3 is 2.21 bits per heavy atom. The van der Waals surface area contributed by atoms with Gasteiger partial charge >= 0.3 is 0 Å². The van der Waals surface area contributed by atoms with Crippen LogP contribution in [0.5, 0.6) is 0 Å². The maximum Gasteiger partial charge on any atom is 0.282 e. The van der Waals surface area contributed by atoms with Crippen molar-refractivity contribution in [3.63, 3.8) is 0 Å². The molecular weight excluding hydrogens is 382 g/mol. The Morgan fingerprint density at radius 2 is 1.59 bits per heavy atom. The molecule has 144 valence electrons. The second kappa shape index (κ2) is 7.94. The zero-order valence-electron chi connectivity index (χ0n) is 16.2. The highest BCUT2D eigenvalue weighted by Crippen LogP contribution is 2.30. The predicted molar refractivity (Wildman–Crippen MR) is 121 cm³/mol. The van der Waals surface area contributed by atoms with Crippen LogP contribution in [0.15, 0.2) is 89.6 Å². The van der Waals surface area contributed by atoms with Gasteiger partial charge in [-0.05, 0) is 35.9 Å². The number of rotatable bonds is 4. The Balaban J connectivity index is 1.80. The van der Waals surface area contributed by atoms with Gasteiger partial charge in [0.15, 0.2) is 0 Å². The summed E-state index contributed by atoms with van der Waals surface area (Å²) in [5.41, 5.74) is 3.76. The molecule has 4 rings (SSSR count). The lowest BCUT2D eigenvalue weighted by Gasteiger charge is -2.18. The van der Waals surface area contributed by atoms with Gasteiger partial charge in [-0.25, -0.2) is 4.99 Å². The van der Waals surface area contributed by atoms with Crippen molar-refractivity contribution < 1.29 is 4.79 Å². The average Bonchev–Trinajstić information content (AvgIpc) is 3.07. The van der Waals surface area contributed by atoms with Gasteiger partial charge in [0.1, 0.15) is 11.5 Å². The molecule has 5 heteroatoms. The van der Waals surface area contributed by atoms with Gasteiger partial charge in [-0.15, -0.1) is 0 Å². The average molecular weight is 402 g/mol. The smallest absolute Gasteiger partial charge is 0.282 e. The van der Waals surface area contributed by atoms with Crippen molar-refractivity contribution in [2.45, 2.75) is 0 Å². The molecule has 3 aromatic rings. The number of halogens is 1. The molecule has 0 radical (unpaired) electrons. The summed E-state index contributed by atoms with van der Waals surface area (Å²) in [6.45, 7) is 0. The third kappa shape index (κ3) is 3.80. The van der Waals surface area contributed by atoms with Gasteiger partial charge in [-0.3, -0.25) is 9.69 Å². The molecule has 4 nitrogen and oxygen atoms in total. The molecule has 0 N–H and O–H groups in total. The van der Waals surface area contributed by atoms with Gasteiger partial charge in [-0.1, -0.05) is 66.2 Å². The molecule has 0 aromatic heterocycles. The minimum atomic E-state index is -0.178. The first-order valence-corrected chi connectivity index (χ1v) is 9.64. The van der Waals surface area contributed by atoms with E-state index in [0.29, 0.717) is 16.6 Å². The number of amides is 1. The fraction of sp³-hybridized carbons (Fsp3) is 0.0833. The fourth-order valence-corrected chi connectivity index (χ4v) is 3.40. The zero-order valence-corrected chi connectivity index (χ0v) is 17.0. The van der Waals surface area contributed by atoms with Gasteiger partial charge in [0, 0.05) is 30.4 Å². The van der Waals surface area contributed by atoms with Gasteiger partial charge in [0.05, 0.1) is 5.69 Å². The molecule has 0 saturated heterocycles. The number of hydrogen-bond donors (Lipinski definition) is 0. The summed E-state index contributed by atoms with van der Waals surface area (Å²) in [6, 6.07) is 25.0. The molecule has 1 aliphatic heterocycles. The number of nitrogens with zero attached hydrogens (tertiary/aromatic N) is 3. The Morgan fingerprint density at radius 1 is 0.931 bits per heavy atom. The van der Waals surface area contributed by atoms with E-state index >= 15 is 0 Å². The first-order valence-electron chi connectivity index (χ1n) is 9.27. The Bertz CT molecular complexity index is 1110. The molecule has 0 atom stereocenters. The second-order valence-corrected chi connectivity index (χ2v) is 7.31. The molecule has 0 spiro atoms. The summed E-state index contributed by atoms with van der Waals surface area (Å²) in [5.74, 6) is 0.428. The predicted octanol–water partition coefficient (Wildman–Crippen LogP) is 5.24. The van der Waals surface area contributed by atoms with Crippen LogP contribution in [-0.4, -0.2) is 25.8 Å². The number of carbonyl (C=O) groups is 1. The molecule has 0 unspecified atom stereocenters. The molecule has 29 heavy (non-hydrogen) atoms. The van der Waals surface area contributed by atoms with E-state index < -0.39 is 0 Å². The molecule has 0 aliphatic carbocycles. The van der Waals surface area contributed by atoms with E-state index in [9.17, 15) is 4.79 Å². The van der Waals surface area contributed by atoms with Crippen LogP contribution in [0.3, 0.4) is 0 Å². The third-order valence-electron chi connectivity index (χ3n) is 4.70. The Kier molecular flexibility index (Phi) is 5.19. The lowest BCUT2D eigenvalue weighted by Crippen LogP contribution is -2.32. The van der Waals surface area contributed by atoms with Crippen molar-refractivity contribution >= 4 is 40.8 Å². The largest absolute Gasteiger partial charge is 0.378 e. The van der Waals surface area contributed by atoms with Crippen LogP contribution in [0.25, 0.3) is 6.08 Å². The van der Waals surface area contributed by atoms with Crippen molar-refractivity contribution in [3.8, 4) is 0 Å². The van der Waals surface area contributed by atoms with E-state index in [-0.39, 0.29) is 5.91 Å². The summed E-state index contributed by atoms with van der Waals surface area (Å²) < 4.78 is 0. The van der Waals surface area contributed by atoms with E-state index in [0.717, 1.165) is 22.5 Å². The molecule has 1 amide bonds. The number of carbonyl (C=O) groups excluding carboxylic acids is 1. The first-order chi connectivity index (χ1) is 14.0. The van der Waals surface area contributed by atoms with E-state index in [1.165, 1.54) is 0 Å². The normalized spacial score (nSPS) is 15.0. The molecular formula is C24H20ClN3O. The number of anilines is 2. The standard InChI is InChI=1S/C24H20ClN3O/c1-27(2)20-14-13-18(21(25)16-20)15-22-24(29)28(19-11-7-4-8-12-19)23(26-22)17-9-5-3-6-10-17/h3-16H,1-2H3. The van der Waals surface area contributed by atoms with Crippen LogP contribution < -0.4 is 9.80 Å². The summed E-state index contributed by atoms with van der Waals surface area (Å²) >= 11 is 6.46. The molecule has 0 bridgehead atoms. The Hall–Kier alpha value is -3.37. The van der Waals surface area contributed by atoms with E-state index in [2.05, 4.69) is 4.99 Å². The van der Waals surface area contributed by atoms with Gasteiger partial charge in [0.2, 0.25) is 0 Å². The molecule has 1 aliphatic rings. The summed E-state index contributed by atoms with van der Waals surface area (Å²) in [4.78, 5) is 21.6. The fourth-order valence-electron chi connectivity index (χ4n) is 3.17. The summed E-state index contributed by atoms with van der Waals surface area (Å²) in [6.07, 6.45) is 1.75. The van der Waals surface area contributed by atoms with Crippen molar-refractivity contribution in [1.29, 1.82) is 0 Å². The van der Waals surface area contributed by atoms with Gasteiger partial charge in [0.25, 0.3) is 5.91 Å². The quantitative estimate of drug-likeness (QED) is 0.560. The second-order valence-electron chi connectivity index (χ2n) is 6.91. The highest BCUT2D eigenvalue weighted by molar-refractivity contribution is 6.34. The minimum Gasteiger partial charge on any atom is -0.378 e. The maximum atomic E-state index is 13.3. The van der Waals surface area contributed by atoms with Crippen LogP contribution in [-0.2, 0) is 4.79 Å². The highest BCUT2D eigenvalue weighted by Gasteiger charge is 2.32. The molecule has 3 aromatic carbocycles. The first kappa shape index (κ1) is 19.0. The lowest BCUT2D eigenvalue weighted by molar-refractivity contribution is -0.113. The van der Waals surface area contributed by atoms with E-state index in [1.54, 1.807) is 11.0 Å². The molecule has 0 fully saturated rings. The van der Waals surface area contributed by atoms with Crippen LogP contribution in [0.4, 0.5) is 11.4 Å². The minimum absolute atomic E-state index is 0.178. The van der Waals surface area contributed by atoms with Gasteiger partial charge in [-0.2, -0.15) is 0 Å². The lowest BCUT2D eigenvalue weighted by atomic mass is 10.1. The SMILES string of the molecule is CN(C)c1ccc(C=C2N=C(c3ccccc3)N(c3ccccc3)C2=O)c(Cl)c1. The van der Waals surface area contributed by atoms with Crippen molar-refractivity contribution in [1.82, 2.24) is 0 Å².